The molecule has 1 N–H and O–H groups in total. The molecule has 28 heavy (non-hydrogen) atoms. The monoisotopic (exact) mass is 390 g/mol. The van der Waals surface area contributed by atoms with Crippen molar-refractivity contribution >= 4 is 17.5 Å². The summed E-state index contributed by atoms with van der Waals surface area (Å²) in [7, 11) is 1.73. The second kappa shape index (κ2) is 8.50. The molecule has 0 spiro atoms. The second-order valence-corrected chi connectivity index (χ2v) is 7.00. The van der Waals surface area contributed by atoms with Crippen LogP contribution in [0.4, 0.5) is 14.5 Å². The van der Waals surface area contributed by atoms with E-state index in [-0.39, 0.29) is 23.1 Å². The zero-order valence-electron chi connectivity index (χ0n) is 16.1. The molecule has 150 valence electrons. The number of fused-ring (bicyclic) bond motifs is 1. The number of carbonyl (C=O) groups excluding carboxylic acids is 2. The first-order chi connectivity index (χ1) is 13.4. The molecule has 2 aromatic rings. The first-order valence-corrected chi connectivity index (χ1v) is 9.53. The van der Waals surface area contributed by atoms with Crippen LogP contribution in [-0.2, 0) is 13.0 Å². The van der Waals surface area contributed by atoms with Crippen molar-refractivity contribution in [2.75, 3.05) is 18.9 Å². The Morgan fingerprint density at radius 3 is 2.75 bits per heavy atom. The van der Waals surface area contributed by atoms with E-state index in [2.05, 4.69) is 17.2 Å². The molecule has 0 aliphatic carbocycles. The molecule has 0 saturated carbocycles. The van der Waals surface area contributed by atoms with Crippen molar-refractivity contribution in [3.8, 4) is 0 Å². The third kappa shape index (κ3) is 4.05. The molecule has 0 bridgehead atoms. The zero-order chi connectivity index (χ0) is 20.3. The highest BCUT2D eigenvalue weighted by Crippen LogP contribution is 2.23. The van der Waals surface area contributed by atoms with Crippen LogP contribution in [-0.4, -0.2) is 39.9 Å². The fraction of sp³-hybridized carbons (Fsp3) is 0.450. The lowest BCUT2D eigenvalue weighted by atomic mass is 10.1. The van der Waals surface area contributed by atoms with Crippen molar-refractivity contribution in [2.45, 2.75) is 45.6 Å². The van der Waals surface area contributed by atoms with Crippen molar-refractivity contribution in [2.24, 2.45) is 0 Å². The van der Waals surface area contributed by atoms with Crippen LogP contribution < -0.4 is 5.32 Å². The normalized spacial score (nSPS) is 13.1. The minimum absolute atomic E-state index is 0.134. The molecule has 1 aliphatic rings. The van der Waals surface area contributed by atoms with Crippen LogP contribution in [0.25, 0.3) is 0 Å². The molecule has 0 radical (unpaired) electrons. The Morgan fingerprint density at radius 2 is 2.04 bits per heavy atom. The number of hydrogen-bond donors (Lipinski definition) is 1. The van der Waals surface area contributed by atoms with Gasteiger partial charge < -0.3 is 14.8 Å². The van der Waals surface area contributed by atoms with Gasteiger partial charge in [0.1, 0.15) is 0 Å². The van der Waals surface area contributed by atoms with Gasteiger partial charge >= 0.3 is 0 Å². The van der Waals surface area contributed by atoms with E-state index in [9.17, 15) is 18.4 Å². The Morgan fingerprint density at radius 1 is 1.25 bits per heavy atom. The molecule has 2 heterocycles. The Hall–Kier alpha value is -2.77. The zero-order valence-corrected chi connectivity index (χ0v) is 16.1. The van der Waals surface area contributed by atoms with Gasteiger partial charge in [0.25, 0.3) is 11.8 Å². The number of nitrogens with one attached hydrogen (secondary N) is 1. The summed E-state index contributed by atoms with van der Waals surface area (Å²) >= 11 is 0. The van der Waals surface area contributed by atoms with Gasteiger partial charge in [0, 0.05) is 31.9 Å². The molecule has 1 aromatic heterocycles. The summed E-state index contributed by atoms with van der Waals surface area (Å²) in [6, 6.07) is 3.15. The first-order valence-electron chi connectivity index (χ1n) is 9.53. The van der Waals surface area contributed by atoms with Gasteiger partial charge in [-0.15, -0.1) is 0 Å². The van der Waals surface area contributed by atoms with Gasteiger partial charge in [-0.3, -0.25) is 9.59 Å². The average Bonchev–Trinajstić information content (AvgIpc) is 3.08. The highest BCUT2D eigenvalue weighted by molar-refractivity contribution is 6.05. The molecule has 3 rings (SSSR count). The molecule has 0 fully saturated rings. The second-order valence-electron chi connectivity index (χ2n) is 7.00. The molecule has 1 aromatic carbocycles. The molecule has 6 nitrogen and oxygen atoms in total. The maximum atomic E-state index is 13.4. The van der Waals surface area contributed by atoms with E-state index >= 15 is 0 Å². The van der Waals surface area contributed by atoms with Gasteiger partial charge in [0.2, 0.25) is 0 Å². The Balaban J connectivity index is 1.88. The van der Waals surface area contributed by atoms with Crippen LogP contribution in [0.5, 0.6) is 0 Å². The lowest BCUT2D eigenvalue weighted by Gasteiger charge is -2.20. The average molecular weight is 390 g/mol. The first kappa shape index (κ1) is 20.0. The summed E-state index contributed by atoms with van der Waals surface area (Å²) in [5.41, 5.74) is 1.00. The Labute approximate surface area is 162 Å². The van der Waals surface area contributed by atoms with Gasteiger partial charge in [-0.1, -0.05) is 13.3 Å². The van der Waals surface area contributed by atoms with E-state index in [4.69, 9.17) is 0 Å². The number of anilines is 1. The Kier molecular flexibility index (Phi) is 6.06. The predicted octanol–water partition coefficient (Wildman–Crippen LogP) is 3.62. The molecular weight excluding hydrogens is 366 g/mol. The van der Waals surface area contributed by atoms with E-state index in [1.807, 2.05) is 4.57 Å². The van der Waals surface area contributed by atoms with E-state index in [1.165, 1.54) is 6.07 Å². The quantitative estimate of drug-likeness (QED) is 0.819. The summed E-state index contributed by atoms with van der Waals surface area (Å²) in [6.45, 7) is 3.30. The maximum absolute atomic E-state index is 13.4. The van der Waals surface area contributed by atoms with E-state index in [0.29, 0.717) is 25.2 Å². The summed E-state index contributed by atoms with van der Waals surface area (Å²) in [6.07, 6.45) is 4.31. The minimum Gasteiger partial charge on any atom is -0.339 e. The van der Waals surface area contributed by atoms with Gasteiger partial charge in [0.15, 0.2) is 23.2 Å². The molecule has 0 saturated heterocycles. The summed E-state index contributed by atoms with van der Waals surface area (Å²) in [5.74, 6) is -2.53. The van der Waals surface area contributed by atoms with E-state index < -0.39 is 17.5 Å². The van der Waals surface area contributed by atoms with E-state index in [0.717, 1.165) is 37.8 Å². The maximum Gasteiger partial charge on any atom is 0.289 e. The van der Waals surface area contributed by atoms with Gasteiger partial charge in [0.05, 0.1) is 5.69 Å². The SMILES string of the molecule is CCCCN(C)C(=O)c1nc(C(=O)Nc2ccc(F)c(F)c2)c2n1CCCC2. The molecule has 8 heteroatoms. The molecule has 0 unspecified atom stereocenters. The number of carbonyl (C=O) groups is 2. The number of benzene rings is 1. The third-order valence-electron chi connectivity index (χ3n) is 4.90. The van der Waals surface area contributed by atoms with Gasteiger partial charge in [-0.05, 0) is 37.8 Å². The number of unbranched alkanes of at least 4 members (excludes halogenated alkanes) is 1. The fourth-order valence-electron chi connectivity index (χ4n) is 3.32. The van der Waals surface area contributed by atoms with Crippen molar-refractivity contribution in [1.82, 2.24) is 14.5 Å². The third-order valence-corrected chi connectivity index (χ3v) is 4.90. The van der Waals surface area contributed by atoms with Crippen LogP contribution in [0.3, 0.4) is 0 Å². The highest BCUT2D eigenvalue weighted by Gasteiger charge is 2.28. The van der Waals surface area contributed by atoms with Crippen molar-refractivity contribution in [3.63, 3.8) is 0 Å². The summed E-state index contributed by atoms with van der Waals surface area (Å²) in [4.78, 5) is 31.5. The number of aromatic nitrogens is 2. The van der Waals surface area contributed by atoms with Crippen LogP contribution in [0, 0.1) is 11.6 Å². The summed E-state index contributed by atoms with van der Waals surface area (Å²) < 4.78 is 28.3. The standard InChI is InChI=1S/C20H24F2N4O2/c1-3-4-10-25(2)20(28)18-24-17(16-7-5-6-11-26(16)18)19(27)23-13-8-9-14(21)15(22)12-13/h8-9,12H,3-7,10-11H2,1-2H3,(H,23,27). The number of rotatable bonds is 6. The van der Waals surface area contributed by atoms with Gasteiger partial charge in [-0.2, -0.15) is 0 Å². The number of nitrogens with zero attached hydrogens (tertiary/aromatic N) is 3. The molecule has 2 amide bonds. The van der Waals surface area contributed by atoms with Crippen molar-refractivity contribution in [3.05, 3.63) is 47.0 Å². The van der Waals surface area contributed by atoms with Crippen molar-refractivity contribution < 1.29 is 18.4 Å². The number of amides is 2. The Bertz CT molecular complexity index is 895. The lowest BCUT2D eigenvalue weighted by Crippen LogP contribution is -2.31. The predicted molar refractivity (Wildman–Crippen MR) is 101 cm³/mol. The molecule has 1 aliphatic heterocycles. The van der Waals surface area contributed by atoms with Crippen LogP contribution in [0.2, 0.25) is 0 Å². The topological polar surface area (TPSA) is 67.2 Å². The lowest BCUT2D eigenvalue weighted by molar-refractivity contribution is 0.0775. The van der Waals surface area contributed by atoms with Crippen LogP contribution >= 0.6 is 0 Å². The van der Waals surface area contributed by atoms with Gasteiger partial charge in [-0.25, -0.2) is 13.8 Å². The molecular formula is C20H24F2N4O2. The largest absolute Gasteiger partial charge is 0.339 e. The summed E-state index contributed by atoms with van der Waals surface area (Å²) in [5, 5.41) is 2.55. The number of imidazole rings is 1. The smallest absolute Gasteiger partial charge is 0.289 e. The fourth-order valence-corrected chi connectivity index (χ4v) is 3.32. The van der Waals surface area contributed by atoms with Crippen molar-refractivity contribution in [1.29, 1.82) is 0 Å². The molecule has 0 atom stereocenters. The number of halogens is 2. The highest BCUT2D eigenvalue weighted by atomic mass is 19.2. The van der Waals surface area contributed by atoms with E-state index in [1.54, 1.807) is 11.9 Å². The number of hydrogen-bond acceptors (Lipinski definition) is 3. The minimum atomic E-state index is -1.04. The van der Waals surface area contributed by atoms with Crippen LogP contribution in [0.15, 0.2) is 18.2 Å². The van der Waals surface area contributed by atoms with Crippen LogP contribution in [0.1, 0.15) is 59.4 Å².